The van der Waals surface area contributed by atoms with Crippen molar-refractivity contribution < 1.29 is 0 Å². The summed E-state index contributed by atoms with van der Waals surface area (Å²) >= 11 is 0. The lowest BCUT2D eigenvalue weighted by Gasteiger charge is -2.18. The van der Waals surface area contributed by atoms with E-state index in [-0.39, 0.29) is 0 Å². The zero-order valence-corrected chi connectivity index (χ0v) is 11.7. The van der Waals surface area contributed by atoms with E-state index in [1.165, 1.54) is 32.2 Å². The van der Waals surface area contributed by atoms with E-state index in [0.29, 0.717) is 0 Å². The van der Waals surface area contributed by atoms with E-state index in [0.717, 1.165) is 42.4 Å². The molecule has 3 nitrogen and oxygen atoms in total. The van der Waals surface area contributed by atoms with Gasteiger partial charge in [-0.3, -0.25) is 0 Å². The summed E-state index contributed by atoms with van der Waals surface area (Å²) in [4.78, 5) is 4.61. The summed E-state index contributed by atoms with van der Waals surface area (Å²) in [6.07, 6.45) is 9.23. The molecule has 0 aliphatic heterocycles. The fourth-order valence-corrected chi connectivity index (χ4v) is 3.02. The summed E-state index contributed by atoms with van der Waals surface area (Å²) in [6, 6.07) is 0. The van der Waals surface area contributed by atoms with Crippen LogP contribution in [0.5, 0.6) is 0 Å². The molecule has 18 heavy (non-hydrogen) atoms. The molecule has 0 amide bonds. The molecule has 100 valence electrons. The van der Waals surface area contributed by atoms with Crippen LogP contribution >= 0.6 is 0 Å². The predicted molar refractivity (Wildman–Crippen MR) is 74.7 cm³/mol. The van der Waals surface area contributed by atoms with E-state index in [2.05, 4.69) is 34.9 Å². The largest absolute Gasteiger partial charge is 0.356 e. The molecule has 0 bridgehead atoms. The smallest absolute Gasteiger partial charge is 0.203 e. The molecule has 0 spiro atoms. The Morgan fingerprint density at radius 2 is 2.00 bits per heavy atom. The summed E-state index contributed by atoms with van der Waals surface area (Å²) in [5.74, 6) is 4.03. The number of hydrogen-bond acceptors (Lipinski definition) is 2. The van der Waals surface area contributed by atoms with Gasteiger partial charge < -0.3 is 9.88 Å². The topological polar surface area (TPSA) is 29.9 Å². The van der Waals surface area contributed by atoms with Crippen molar-refractivity contribution in [2.24, 2.45) is 17.8 Å². The zero-order valence-electron chi connectivity index (χ0n) is 11.7. The van der Waals surface area contributed by atoms with Crippen molar-refractivity contribution in [3.8, 4) is 0 Å². The van der Waals surface area contributed by atoms with Crippen LogP contribution in [0.15, 0.2) is 6.20 Å². The molecule has 3 heteroatoms. The van der Waals surface area contributed by atoms with E-state index < -0.39 is 0 Å². The van der Waals surface area contributed by atoms with Crippen molar-refractivity contribution in [3.63, 3.8) is 0 Å². The minimum atomic E-state index is 0.917. The summed E-state index contributed by atoms with van der Waals surface area (Å²) in [6.45, 7) is 6.50. The molecule has 0 aromatic carbocycles. The van der Waals surface area contributed by atoms with Crippen LogP contribution in [-0.2, 0) is 6.54 Å². The number of anilines is 1. The maximum absolute atomic E-state index is 4.61. The molecule has 0 radical (unpaired) electrons. The van der Waals surface area contributed by atoms with Gasteiger partial charge >= 0.3 is 0 Å². The van der Waals surface area contributed by atoms with Crippen LogP contribution < -0.4 is 5.32 Å². The number of aromatic nitrogens is 2. The fraction of sp³-hybridized carbons (Fsp3) is 0.800. The van der Waals surface area contributed by atoms with Crippen LogP contribution in [0.25, 0.3) is 0 Å². The van der Waals surface area contributed by atoms with Gasteiger partial charge in [0.1, 0.15) is 0 Å². The molecule has 2 saturated carbocycles. The number of imidazole rings is 1. The van der Waals surface area contributed by atoms with Crippen LogP contribution in [0.3, 0.4) is 0 Å². The Kier molecular flexibility index (Phi) is 3.31. The first-order valence-corrected chi connectivity index (χ1v) is 7.55. The first-order chi connectivity index (χ1) is 8.78. The third-order valence-corrected chi connectivity index (χ3v) is 4.29. The molecule has 3 rings (SSSR count). The van der Waals surface area contributed by atoms with Gasteiger partial charge in [0.2, 0.25) is 5.95 Å². The van der Waals surface area contributed by atoms with Gasteiger partial charge in [-0.05, 0) is 56.8 Å². The van der Waals surface area contributed by atoms with Gasteiger partial charge in [-0.2, -0.15) is 0 Å². The number of aryl methyl sites for hydroxylation is 1. The molecule has 0 unspecified atom stereocenters. The highest BCUT2D eigenvalue weighted by atomic mass is 15.2. The third-order valence-electron chi connectivity index (χ3n) is 4.29. The highest BCUT2D eigenvalue weighted by Crippen LogP contribution is 2.50. The molecule has 1 N–H and O–H groups in total. The fourth-order valence-electron chi connectivity index (χ4n) is 3.02. The minimum absolute atomic E-state index is 0.917. The summed E-state index contributed by atoms with van der Waals surface area (Å²) in [5, 5.41) is 3.46. The van der Waals surface area contributed by atoms with Gasteiger partial charge in [-0.1, -0.05) is 6.92 Å². The Morgan fingerprint density at radius 1 is 1.33 bits per heavy atom. The molecular weight excluding hydrogens is 222 g/mol. The molecule has 1 aromatic rings. The average Bonchev–Trinajstić information content (AvgIpc) is 3.23. The minimum Gasteiger partial charge on any atom is -0.356 e. The van der Waals surface area contributed by atoms with Gasteiger partial charge in [0, 0.05) is 19.3 Å². The summed E-state index contributed by atoms with van der Waals surface area (Å²) < 4.78 is 2.37. The van der Waals surface area contributed by atoms with Crippen molar-refractivity contribution in [2.75, 3.05) is 11.9 Å². The van der Waals surface area contributed by atoms with Crippen LogP contribution in [0.1, 0.15) is 44.7 Å². The van der Waals surface area contributed by atoms with Crippen molar-refractivity contribution in [1.29, 1.82) is 0 Å². The van der Waals surface area contributed by atoms with E-state index in [1.54, 1.807) is 0 Å². The lowest BCUT2D eigenvalue weighted by atomic mass is 9.98. The highest BCUT2D eigenvalue weighted by Gasteiger charge is 2.41. The van der Waals surface area contributed by atoms with Crippen LogP contribution in [-0.4, -0.2) is 16.1 Å². The maximum atomic E-state index is 4.61. The SMILES string of the molecule is CCCNc1nc(C)cn1CC(C1CC1)C1CC1. The van der Waals surface area contributed by atoms with Crippen LogP contribution in [0.4, 0.5) is 5.95 Å². The normalized spacial score (nSPS) is 19.5. The maximum Gasteiger partial charge on any atom is 0.203 e. The molecule has 1 heterocycles. The van der Waals surface area contributed by atoms with Gasteiger partial charge in [0.15, 0.2) is 0 Å². The Balaban J connectivity index is 1.69. The highest BCUT2D eigenvalue weighted by molar-refractivity contribution is 5.28. The molecule has 2 aliphatic rings. The van der Waals surface area contributed by atoms with E-state index >= 15 is 0 Å². The first-order valence-electron chi connectivity index (χ1n) is 7.55. The number of nitrogens with one attached hydrogen (secondary N) is 1. The van der Waals surface area contributed by atoms with Crippen molar-refractivity contribution in [2.45, 2.75) is 52.5 Å². The number of hydrogen-bond donors (Lipinski definition) is 1. The molecule has 0 atom stereocenters. The second-order valence-corrected chi connectivity index (χ2v) is 6.12. The number of nitrogens with zero attached hydrogens (tertiary/aromatic N) is 2. The van der Waals surface area contributed by atoms with Crippen molar-refractivity contribution in [3.05, 3.63) is 11.9 Å². The summed E-state index contributed by atoms with van der Waals surface area (Å²) in [7, 11) is 0. The molecular formula is C15H25N3. The lowest BCUT2D eigenvalue weighted by Crippen LogP contribution is -2.17. The Hall–Kier alpha value is -0.990. The first kappa shape index (κ1) is 12.1. The second-order valence-electron chi connectivity index (χ2n) is 6.12. The monoisotopic (exact) mass is 247 g/mol. The van der Waals surface area contributed by atoms with Crippen LogP contribution in [0, 0.1) is 24.7 Å². The molecule has 1 aromatic heterocycles. The Labute approximate surface area is 110 Å². The summed E-state index contributed by atoms with van der Waals surface area (Å²) in [5.41, 5.74) is 1.14. The number of rotatable bonds is 7. The van der Waals surface area contributed by atoms with Gasteiger partial charge in [0.05, 0.1) is 5.69 Å². The van der Waals surface area contributed by atoms with Gasteiger partial charge in [0.25, 0.3) is 0 Å². The molecule has 0 saturated heterocycles. The van der Waals surface area contributed by atoms with E-state index in [9.17, 15) is 0 Å². The second kappa shape index (κ2) is 4.94. The van der Waals surface area contributed by atoms with E-state index in [4.69, 9.17) is 0 Å². The van der Waals surface area contributed by atoms with Crippen molar-refractivity contribution >= 4 is 5.95 Å². The van der Waals surface area contributed by atoms with Crippen LogP contribution in [0.2, 0.25) is 0 Å². The standard InChI is InChI=1S/C15H25N3/c1-3-8-16-15-17-11(2)9-18(15)10-14(12-4-5-12)13-6-7-13/h9,12-14H,3-8,10H2,1-2H3,(H,16,17). The molecule has 2 aliphatic carbocycles. The Morgan fingerprint density at radius 3 is 2.56 bits per heavy atom. The molecule has 2 fully saturated rings. The van der Waals surface area contributed by atoms with E-state index in [1.807, 2.05) is 0 Å². The zero-order chi connectivity index (χ0) is 12.5. The quantitative estimate of drug-likeness (QED) is 0.799. The third kappa shape index (κ3) is 2.70. The van der Waals surface area contributed by atoms with Crippen molar-refractivity contribution in [1.82, 2.24) is 9.55 Å². The Bertz CT molecular complexity index is 390. The predicted octanol–water partition coefficient (Wildman–Crippen LogP) is 3.45. The average molecular weight is 247 g/mol. The lowest BCUT2D eigenvalue weighted by molar-refractivity contribution is 0.350. The van der Waals surface area contributed by atoms with Gasteiger partial charge in [-0.25, -0.2) is 4.98 Å². The van der Waals surface area contributed by atoms with Gasteiger partial charge in [-0.15, -0.1) is 0 Å².